The lowest BCUT2D eigenvalue weighted by atomic mass is 10.2. The van der Waals surface area contributed by atoms with Crippen LogP contribution < -0.4 is 10.2 Å². The van der Waals surface area contributed by atoms with Crippen molar-refractivity contribution in [2.45, 2.75) is 0 Å². The molecule has 1 amide bonds. The fourth-order valence-electron chi connectivity index (χ4n) is 3.09. The highest BCUT2D eigenvalue weighted by atomic mass is 16.1. The van der Waals surface area contributed by atoms with Crippen molar-refractivity contribution in [3.8, 4) is 0 Å². The Bertz CT molecular complexity index is 780. The molecule has 0 bridgehead atoms. The van der Waals surface area contributed by atoms with E-state index >= 15 is 0 Å². The van der Waals surface area contributed by atoms with Crippen LogP contribution in [0, 0.1) is 0 Å². The third kappa shape index (κ3) is 5.53. The number of nitrogens with one attached hydrogen (secondary N) is 1. The molecule has 0 atom stereocenters. The van der Waals surface area contributed by atoms with E-state index in [1.54, 1.807) is 12.3 Å². The number of rotatable bonds is 7. The molecule has 3 rings (SSSR count). The van der Waals surface area contributed by atoms with Gasteiger partial charge in [-0.25, -0.2) is 0 Å². The van der Waals surface area contributed by atoms with Crippen LogP contribution in [-0.4, -0.2) is 55.1 Å². The lowest BCUT2D eigenvalue weighted by Crippen LogP contribution is -2.46. The van der Waals surface area contributed by atoms with Gasteiger partial charge in [-0.15, -0.1) is 6.58 Å². The summed E-state index contributed by atoms with van der Waals surface area (Å²) in [5, 5.41) is 2.77. The highest BCUT2D eigenvalue weighted by Gasteiger charge is 2.17. The summed E-state index contributed by atoms with van der Waals surface area (Å²) in [6, 6.07) is 14.2. The number of piperazine rings is 1. The molecule has 2 aromatic rings. The highest BCUT2D eigenvalue weighted by molar-refractivity contribution is 5.93. The Balaban J connectivity index is 1.51. The molecule has 1 aliphatic rings. The second kappa shape index (κ2) is 9.69. The Morgan fingerprint density at radius 3 is 2.67 bits per heavy atom. The van der Waals surface area contributed by atoms with Gasteiger partial charge in [0.15, 0.2) is 0 Å². The topological polar surface area (TPSA) is 48.5 Å². The maximum Gasteiger partial charge on any atom is 0.270 e. The van der Waals surface area contributed by atoms with E-state index in [1.165, 1.54) is 5.56 Å². The van der Waals surface area contributed by atoms with Crippen LogP contribution in [0.25, 0.3) is 6.08 Å². The molecule has 1 saturated heterocycles. The number of anilines is 1. The van der Waals surface area contributed by atoms with E-state index in [0.717, 1.165) is 38.4 Å². The van der Waals surface area contributed by atoms with Crippen LogP contribution in [0.1, 0.15) is 16.1 Å². The molecule has 0 saturated carbocycles. The molecule has 140 valence electrons. The van der Waals surface area contributed by atoms with Crippen molar-refractivity contribution < 1.29 is 4.79 Å². The second-order valence-electron chi connectivity index (χ2n) is 6.50. The smallest absolute Gasteiger partial charge is 0.270 e. The van der Waals surface area contributed by atoms with Gasteiger partial charge in [0.05, 0.1) is 0 Å². The van der Waals surface area contributed by atoms with E-state index < -0.39 is 0 Å². The van der Waals surface area contributed by atoms with Crippen LogP contribution in [0.2, 0.25) is 0 Å². The number of aromatic nitrogens is 1. The van der Waals surface area contributed by atoms with Gasteiger partial charge in [0.2, 0.25) is 0 Å². The molecular weight excluding hydrogens is 336 g/mol. The van der Waals surface area contributed by atoms with Crippen LogP contribution in [0.15, 0.2) is 67.4 Å². The molecule has 27 heavy (non-hydrogen) atoms. The number of carbonyl (C=O) groups is 1. The predicted octanol–water partition coefficient (Wildman–Crippen LogP) is 2.83. The summed E-state index contributed by atoms with van der Waals surface area (Å²) >= 11 is 0. The van der Waals surface area contributed by atoms with Gasteiger partial charge in [0.1, 0.15) is 5.69 Å². The fraction of sp³-hybridized carbons (Fsp3) is 0.273. The van der Waals surface area contributed by atoms with Crippen LogP contribution in [0.4, 0.5) is 5.69 Å². The highest BCUT2D eigenvalue weighted by Crippen LogP contribution is 2.17. The summed E-state index contributed by atoms with van der Waals surface area (Å²) in [6.45, 7) is 8.89. The van der Waals surface area contributed by atoms with Gasteiger partial charge in [0, 0.05) is 51.2 Å². The van der Waals surface area contributed by atoms with E-state index in [9.17, 15) is 4.79 Å². The zero-order valence-electron chi connectivity index (χ0n) is 15.6. The molecular formula is C22H26N4O. The zero-order chi connectivity index (χ0) is 18.9. The maximum absolute atomic E-state index is 12.1. The van der Waals surface area contributed by atoms with Gasteiger partial charge in [-0.1, -0.05) is 48.6 Å². The number of carbonyl (C=O) groups excluding carboxylic acids is 1. The lowest BCUT2D eigenvalue weighted by molar-refractivity contribution is 0.0953. The Kier molecular flexibility index (Phi) is 6.77. The van der Waals surface area contributed by atoms with Crippen molar-refractivity contribution in [3.05, 3.63) is 78.6 Å². The van der Waals surface area contributed by atoms with Gasteiger partial charge in [-0.05, 0) is 17.7 Å². The number of amides is 1. The molecule has 0 spiro atoms. The summed E-state index contributed by atoms with van der Waals surface area (Å²) in [5.41, 5.74) is 2.73. The van der Waals surface area contributed by atoms with Crippen molar-refractivity contribution >= 4 is 17.7 Å². The molecule has 0 unspecified atom stereocenters. The summed E-state index contributed by atoms with van der Waals surface area (Å²) in [6.07, 6.45) is 7.75. The number of benzene rings is 1. The Morgan fingerprint density at radius 1 is 1.15 bits per heavy atom. The first-order valence-corrected chi connectivity index (χ1v) is 9.30. The van der Waals surface area contributed by atoms with Crippen molar-refractivity contribution in [3.63, 3.8) is 0 Å². The molecule has 5 nitrogen and oxygen atoms in total. The lowest BCUT2D eigenvalue weighted by Gasteiger charge is -2.35. The minimum Gasteiger partial charge on any atom is -0.369 e. The normalized spacial score (nSPS) is 15.0. The average Bonchev–Trinajstić information content (AvgIpc) is 2.73. The van der Waals surface area contributed by atoms with Crippen LogP contribution in [0.5, 0.6) is 0 Å². The molecule has 1 fully saturated rings. The van der Waals surface area contributed by atoms with Crippen molar-refractivity contribution in [1.29, 1.82) is 0 Å². The summed E-state index contributed by atoms with van der Waals surface area (Å²) in [5.74, 6) is -0.165. The Labute approximate surface area is 161 Å². The summed E-state index contributed by atoms with van der Waals surface area (Å²) < 4.78 is 0. The number of hydrogen-bond acceptors (Lipinski definition) is 4. The third-order valence-electron chi connectivity index (χ3n) is 4.59. The SMILES string of the molecule is C=CCNC(=O)c1cc(N2CCN(C/C=C/c3ccccc3)CC2)ccn1. The minimum absolute atomic E-state index is 0.165. The molecule has 0 aliphatic carbocycles. The number of pyridine rings is 1. The van der Waals surface area contributed by atoms with Crippen molar-refractivity contribution in [2.75, 3.05) is 44.2 Å². The molecule has 0 radical (unpaired) electrons. The number of nitrogens with zero attached hydrogens (tertiary/aromatic N) is 3. The van der Waals surface area contributed by atoms with Crippen molar-refractivity contribution in [1.82, 2.24) is 15.2 Å². The first-order chi connectivity index (χ1) is 13.3. The predicted molar refractivity (Wildman–Crippen MR) is 111 cm³/mol. The average molecular weight is 362 g/mol. The van der Waals surface area contributed by atoms with E-state index in [-0.39, 0.29) is 5.91 Å². The summed E-state index contributed by atoms with van der Waals surface area (Å²) in [7, 11) is 0. The molecule has 1 aromatic heterocycles. The molecule has 1 aliphatic heterocycles. The summed E-state index contributed by atoms with van der Waals surface area (Å²) in [4.78, 5) is 21.0. The monoisotopic (exact) mass is 362 g/mol. The quantitative estimate of drug-likeness (QED) is 0.770. The Morgan fingerprint density at radius 2 is 1.93 bits per heavy atom. The largest absolute Gasteiger partial charge is 0.369 e. The Hall–Kier alpha value is -2.92. The van der Waals surface area contributed by atoms with Gasteiger partial charge in [-0.2, -0.15) is 0 Å². The third-order valence-corrected chi connectivity index (χ3v) is 4.59. The van der Waals surface area contributed by atoms with Crippen LogP contribution in [-0.2, 0) is 0 Å². The maximum atomic E-state index is 12.1. The molecule has 1 N–H and O–H groups in total. The zero-order valence-corrected chi connectivity index (χ0v) is 15.6. The van der Waals surface area contributed by atoms with E-state index in [4.69, 9.17) is 0 Å². The van der Waals surface area contributed by atoms with Gasteiger partial charge < -0.3 is 10.2 Å². The molecule has 2 heterocycles. The number of hydrogen-bond donors (Lipinski definition) is 1. The van der Waals surface area contributed by atoms with Gasteiger partial charge >= 0.3 is 0 Å². The van der Waals surface area contributed by atoms with Crippen molar-refractivity contribution in [2.24, 2.45) is 0 Å². The first kappa shape index (κ1) is 18.9. The minimum atomic E-state index is -0.165. The van der Waals surface area contributed by atoms with E-state index in [2.05, 4.69) is 63.1 Å². The second-order valence-corrected chi connectivity index (χ2v) is 6.50. The standard InChI is InChI=1S/C22H26N4O/c1-2-11-24-22(27)21-18-20(10-12-23-21)26-16-14-25(15-17-26)13-6-9-19-7-4-3-5-8-19/h2-10,12,18H,1,11,13-17H2,(H,24,27)/b9-6+. The fourth-order valence-corrected chi connectivity index (χ4v) is 3.09. The van der Waals surface area contributed by atoms with Crippen LogP contribution >= 0.6 is 0 Å². The van der Waals surface area contributed by atoms with Gasteiger partial charge in [-0.3, -0.25) is 14.7 Å². The van der Waals surface area contributed by atoms with E-state index in [0.29, 0.717) is 12.2 Å². The first-order valence-electron chi connectivity index (χ1n) is 9.30. The molecule has 5 heteroatoms. The molecule has 1 aromatic carbocycles. The van der Waals surface area contributed by atoms with E-state index in [1.807, 2.05) is 18.2 Å². The van der Waals surface area contributed by atoms with Gasteiger partial charge in [0.25, 0.3) is 5.91 Å². The van der Waals surface area contributed by atoms with Crippen LogP contribution in [0.3, 0.4) is 0 Å².